The van der Waals surface area contributed by atoms with Crippen LogP contribution in [0.4, 0.5) is 0 Å². The summed E-state index contributed by atoms with van der Waals surface area (Å²) in [6.07, 6.45) is 24.0. The summed E-state index contributed by atoms with van der Waals surface area (Å²) in [4.78, 5) is 0. The number of hydrogen-bond acceptors (Lipinski definition) is 2. The first-order chi connectivity index (χ1) is 12.5. The van der Waals surface area contributed by atoms with E-state index in [0.717, 1.165) is 24.7 Å². The van der Waals surface area contributed by atoms with Crippen LogP contribution in [0.3, 0.4) is 0 Å². The van der Waals surface area contributed by atoms with Crippen LogP contribution in [0.5, 0.6) is 0 Å². The topological polar surface area (TPSA) is 40.5 Å². The molecule has 0 aliphatic heterocycles. The smallest absolute Gasteiger partial charge is 0.105 e. The molecule has 1 aliphatic carbocycles. The molecule has 0 saturated heterocycles. The number of unbranched alkanes of at least 4 members (excludes halogenated alkanes) is 4. The molecule has 0 aromatic heterocycles. The van der Waals surface area contributed by atoms with Crippen molar-refractivity contribution in [1.82, 2.24) is 0 Å². The van der Waals surface area contributed by atoms with Gasteiger partial charge in [0, 0.05) is 0 Å². The van der Waals surface area contributed by atoms with Crippen molar-refractivity contribution in [2.45, 2.75) is 90.1 Å². The zero-order chi connectivity index (χ0) is 19.3. The lowest BCUT2D eigenvalue weighted by Gasteiger charge is -2.21. The first-order valence-electron chi connectivity index (χ1n) is 10.8. The van der Waals surface area contributed by atoms with E-state index in [1.54, 1.807) is 0 Å². The Kier molecular flexibility index (Phi) is 11.9. The Hall–Kier alpha value is -0.860. The number of hydrogen-bond donors (Lipinski definition) is 2. The summed E-state index contributed by atoms with van der Waals surface area (Å²) in [5, 5.41) is 19.2. The summed E-state index contributed by atoms with van der Waals surface area (Å²) in [5.41, 5.74) is -1.08. The van der Waals surface area contributed by atoms with Gasteiger partial charge in [0.15, 0.2) is 0 Å². The third kappa shape index (κ3) is 9.19. The van der Waals surface area contributed by atoms with Gasteiger partial charge in [0.1, 0.15) is 5.60 Å². The first kappa shape index (κ1) is 23.2. The Bertz CT molecular complexity index is 426. The normalized spacial score (nSPS) is 23.4. The second kappa shape index (κ2) is 13.3. The molecule has 0 aromatic rings. The molecule has 0 saturated carbocycles. The Labute approximate surface area is 162 Å². The molecule has 0 radical (unpaired) electrons. The summed E-state index contributed by atoms with van der Waals surface area (Å²) in [6, 6.07) is 0. The molecule has 0 bridgehead atoms. The summed E-state index contributed by atoms with van der Waals surface area (Å²) in [5.74, 6) is 2.22. The van der Waals surface area contributed by atoms with Crippen LogP contribution in [0.2, 0.25) is 0 Å². The number of allylic oxidation sites excluding steroid dienone is 4. The van der Waals surface area contributed by atoms with Gasteiger partial charge in [-0.25, -0.2) is 0 Å². The zero-order valence-electron chi connectivity index (χ0n) is 17.2. The highest BCUT2D eigenvalue weighted by Crippen LogP contribution is 2.31. The van der Waals surface area contributed by atoms with Crippen LogP contribution in [-0.2, 0) is 0 Å². The average molecular weight is 363 g/mol. The third-order valence-electron chi connectivity index (χ3n) is 5.88. The molecule has 1 unspecified atom stereocenters. The van der Waals surface area contributed by atoms with E-state index in [4.69, 9.17) is 0 Å². The molecular weight excluding hydrogens is 320 g/mol. The van der Waals surface area contributed by atoms with Crippen molar-refractivity contribution < 1.29 is 10.2 Å². The standard InChI is InChI=1S/C24H42O2/c1-4-6-13-21(3)14-11-16-23-18-12-17-22(23)15-9-7-8-10-19-24(26,5-2)20-25/h5,11-12,16,18,21-23,25-26H,2,4,6-10,13-15,17,19-20H2,1,3H3/t21-,22+,23+,24?/m1/s1. The van der Waals surface area contributed by atoms with Crippen molar-refractivity contribution >= 4 is 0 Å². The minimum Gasteiger partial charge on any atom is -0.393 e. The molecule has 2 N–H and O–H groups in total. The fourth-order valence-corrected chi connectivity index (χ4v) is 3.83. The van der Waals surface area contributed by atoms with Crippen LogP contribution in [-0.4, -0.2) is 22.4 Å². The molecule has 0 fully saturated rings. The van der Waals surface area contributed by atoms with Crippen LogP contribution in [0.1, 0.15) is 84.5 Å². The Morgan fingerprint density at radius 1 is 1.23 bits per heavy atom. The number of aliphatic hydroxyl groups is 2. The quantitative estimate of drug-likeness (QED) is 0.269. The van der Waals surface area contributed by atoms with E-state index in [-0.39, 0.29) is 6.61 Å². The number of aliphatic hydroxyl groups excluding tert-OH is 1. The molecule has 1 aliphatic rings. The minimum atomic E-state index is -1.08. The zero-order valence-corrected chi connectivity index (χ0v) is 17.2. The van der Waals surface area contributed by atoms with E-state index in [0.29, 0.717) is 12.3 Å². The lowest BCUT2D eigenvalue weighted by atomic mass is 9.88. The van der Waals surface area contributed by atoms with Crippen LogP contribution in [0.25, 0.3) is 0 Å². The van der Waals surface area contributed by atoms with Gasteiger partial charge in [-0.15, -0.1) is 6.58 Å². The lowest BCUT2D eigenvalue weighted by Crippen LogP contribution is -2.30. The molecular formula is C24H42O2. The predicted molar refractivity (Wildman–Crippen MR) is 113 cm³/mol. The highest BCUT2D eigenvalue weighted by Gasteiger charge is 2.21. The summed E-state index contributed by atoms with van der Waals surface area (Å²) in [7, 11) is 0. The van der Waals surface area contributed by atoms with Gasteiger partial charge in [-0.2, -0.15) is 0 Å². The highest BCUT2D eigenvalue weighted by molar-refractivity contribution is 5.09. The largest absolute Gasteiger partial charge is 0.393 e. The van der Waals surface area contributed by atoms with Gasteiger partial charge < -0.3 is 10.2 Å². The van der Waals surface area contributed by atoms with Crippen molar-refractivity contribution in [1.29, 1.82) is 0 Å². The second-order valence-electron chi connectivity index (χ2n) is 8.33. The summed E-state index contributed by atoms with van der Waals surface area (Å²) in [6.45, 7) is 8.01. The van der Waals surface area contributed by atoms with Crippen molar-refractivity contribution in [2.75, 3.05) is 6.61 Å². The van der Waals surface area contributed by atoms with Gasteiger partial charge >= 0.3 is 0 Å². The molecule has 0 spiro atoms. The maximum Gasteiger partial charge on any atom is 0.105 e. The molecule has 26 heavy (non-hydrogen) atoms. The summed E-state index contributed by atoms with van der Waals surface area (Å²) >= 11 is 0. The molecule has 0 heterocycles. The third-order valence-corrected chi connectivity index (χ3v) is 5.88. The van der Waals surface area contributed by atoms with E-state index in [9.17, 15) is 10.2 Å². The van der Waals surface area contributed by atoms with Gasteiger partial charge in [-0.1, -0.05) is 89.2 Å². The van der Waals surface area contributed by atoms with Crippen molar-refractivity contribution in [3.63, 3.8) is 0 Å². The molecule has 150 valence electrons. The SMILES string of the molecule is C=CC(O)(CO)CCCCCC[C@H]1CC=C[C@@H]1C=CC[C@H](C)CCCC. The van der Waals surface area contributed by atoms with Crippen LogP contribution >= 0.6 is 0 Å². The van der Waals surface area contributed by atoms with Gasteiger partial charge in [0.05, 0.1) is 6.61 Å². The van der Waals surface area contributed by atoms with Crippen LogP contribution in [0.15, 0.2) is 37.0 Å². The van der Waals surface area contributed by atoms with Gasteiger partial charge in [0.2, 0.25) is 0 Å². The predicted octanol–water partition coefficient (Wildman–Crippen LogP) is 6.20. The molecule has 0 aromatic carbocycles. The van der Waals surface area contributed by atoms with E-state index < -0.39 is 5.60 Å². The molecule has 4 atom stereocenters. The fourth-order valence-electron chi connectivity index (χ4n) is 3.83. The van der Waals surface area contributed by atoms with Gasteiger partial charge in [-0.3, -0.25) is 0 Å². The highest BCUT2D eigenvalue weighted by atomic mass is 16.3. The van der Waals surface area contributed by atoms with E-state index in [1.165, 1.54) is 57.4 Å². The van der Waals surface area contributed by atoms with Crippen molar-refractivity contribution in [3.05, 3.63) is 37.0 Å². The second-order valence-corrected chi connectivity index (χ2v) is 8.33. The van der Waals surface area contributed by atoms with Gasteiger partial charge in [-0.05, 0) is 43.4 Å². The maximum absolute atomic E-state index is 9.98. The lowest BCUT2D eigenvalue weighted by molar-refractivity contribution is 0.0186. The van der Waals surface area contributed by atoms with E-state index >= 15 is 0 Å². The monoisotopic (exact) mass is 362 g/mol. The van der Waals surface area contributed by atoms with Crippen LogP contribution in [0, 0.1) is 17.8 Å². The first-order valence-corrected chi connectivity index (χ1v) is 10.8. The number of rotatable bonds is 15. The Morgan fingerprint density at radius 3 is 2.69 bits per heavy atom. The van der Waals surface area contributed by atoms with E-state index in [1.807, 2.05) is 0 Å². The average Bonchev–Trinajstić information content (AvgIpc) is 3.10. The molecule has 1 rings (SSSR count). The Balaban J connectivity index is 2.17. The van der Waals surface area contributed by atoms with Crippen LogP contribution < -0.4 is 0 Å². The molecule has 2 nitrogen and oxygen atoms in total. The van der Waals surface area contributed by atoms with Gasteiger partial charge in [0.25, 0.3) is 0 Å². The minimum absolute atomic E-state index is 0.227. The summed E-state index contributed by atoms with van der Waals surface area (Å²) < 4.78 is 0. The Morgan fingerprint density at radius 2 is 2.00 bits per heavy atom. The fraction of sp³-hybridized carbons (Fsp3) is 0.750. The van der Waals surface area contributed by atoms with Crippen molar-refractivity contribution in [3.8, 4) is 0 Å². The molecule has 0 amide bonds. The van der Waals surface area contributed by atoms with E-state index in [2.05, 4.69) is 44.7 Å². The molecule has 2 heteroatoms. The maximum atomic E-state index is 9.98. The van der Waals surface area contributed by atoms with Crippen molar-refractivity contribution in [2.24, 2.45) is 17.8 Å².